The number of nitrogens with zero attached hydrogens (tertiary/aromatic N) is 1. The van der Waals surface area contributed by atoms with Crippen LogP contribution in [0.15, 0.2) is 229 Å². The third kappa shape index (κ3) is 5.23. The highest BCUT2D eigenvalue weighted by atomic mass is 16.5. The van der Waals surface area contributed by atoms with Gasteiger partial charge in [0.1, 0.15) is 16.7 Å². The minimum Gasteiger partial charge on any atom is -0.455 e. The zero-order valence-corrected chi connectivity index (χ0v) is 32.6. The summed E-state index contributed by atoms with van der Waals surface area (Å²) < 4.78 is 13.6. The van der Waals surface area contributed by atoms with Crippen LogP contribution in [0.3, 0.4) is 0 Å². The molecular formula is C57H37NO2. The highest BCUT2D eigenvalue weighted by Crippen LogP contribution is 2.64. The largest absolute Gasteiger partial charge is 0.455 e. The fourth-order valence-electron chi connectivity index (χ4n) is 9.58. The van der Waals surface area contributed by atoms with Crippen molar-refractivity contribution in [3.8, 4) is 56.0 Å². The highest BCUT2D eigenvalue weighted by molar-refractivity contribution is 5.95. The fourth-order valence-corrected chi connectivity index (χ4v) is 9.58. The Labute approximate surface area is 349 Å². The molecule has 9 aromatic carbocycles. The van der Waals surface area contributed by atoms with E-state index in [0.717, 1.165) is 50.9 Å². The molecule has 0 amide bonds. The summed E-state index contributed by atoms with van der Waals surface area (Å²) in [5.41, 5.74) is 16.3. The fraction of sp³-hybridized carbons (Fsp3) is 0.0175. The van der Waals surface area contributed by atoms with Gasteiger partial charge in [0.05, 0.1) is 5.39 Å². The Morgan fingerprint density at radius 1 is 0.350 bits per heavy atom. The lowest BCUT2D eigenvalue weighted by Crippen LogP contribution is -2.31. The zero-order valence-electron chi connectivity index (χ0n) is 32.6. The van der Waals surface area contributed by atoms with Crippen LogP contribution in [0.1, 0.15) is 22.5 Å². The van der Waals surface area contributed by atoms with Crippen LogP contribution in [-0.2, 0) is 5.41 Å². The average Bonchev–Trinajstić information content (AvgIpc) is 3.84. The van der Waals surface area contributed by atoms with Crippen LogP contribution in [0, 0.1) is 0 Å². The first kappa shape index (κ1) is 34.2. The summed E-state index contributed by atoms with van der Waals surface area (Å²) >= 11 is 0. The Morgan fingerprint density at radius 2 is 0.817 bits per heavy atom. The number of rotatable bonds is 6. The molecule has 1 spiro atoms. The highest BCUT2D eigenvalue weighted by Gasteiger charge is 2.54. The number of anilines is 3. The third-order valence-corrected chi connectivity index (χ3v) is 12.4. The number of hydrogen-bond acceptors (Lipinski definition) is 3. The van der Waals surface area contributed by atoms with Gasteiger partial charge in [-0.3, -0.25) is 0 Å². The molecule has 1 aromatic heterocycles. The van der Waals surface area contributed by atoms with Gasteiger partial charge in [-0.05, 0) is 110 Å². The second kappa shape index (κ2) is 13.6. The molecule has 3 nitrogen and oxygen atoms in total. The Bertz CT molecular complexity index is 3200. The van der Waals surface area contributed by atoms with Crippen molar-refractivity contribution in [3.05, 3.63) is 247 Å². The first-order valence-corrected chi connectivity index (χ1v) is 20.5. The van der Waals surface area contributed by atoms with Crippen LogP contribution >= 0.6 is 0 Å². The van der Waals surface area contributed by atoms with Gasteiger partial charge in [-0.2, -0.15) is 0 Å². The van der Waals surface area contributed by atoms with Crippen molar-refractivity contribution >= 4 is 28.0 Å². The van der Waals surface area contributed by atoms with Crippen molar-refractivity contribution in [2.75, 3.05) is 4.90 Å². The third-order valence-electron chi connectivity index (χ3n) is 12.4. The van der Waals surface area contributed by atoms with Gasteiger partial charge in [-0.25, -0.2) is 0 Å². The normalized spacial score (nSPS) is 14.5. The van der Waals surface area contributed by atoms with E-state index < -0.39 is 5.41 Å². The summed E-state index contributed by atoms with van der Waals surface area (Å²) in [5.74, 6) is 2.45. The van der Waals surface area contributed by atoms with E-state index >= 15 is 0 Å². The first-order chi connectivity index (χ1) is 29.7. The lowest BCUT2D eigenvalue weighted by Gasteiger charge is -2.36. The number of para-hydroxylation sites is 2. The Hall–Kier alpha value is -7.88. The van der Waals surface area contributed by atoms with Gasteiger partial charge in [0.15, 0.2) is 11.5 Å². The minimum atomic E-state index is -0.701. The zero-order chi connectivity index (χ0) is 39.6. The van der Waals surface area contributed by atoms with Crippen LogP contribution < -0.4 is 9.64 Å². The van der Waals surface area contributed by atoms with Crippen molar-refractivity contribution < 1.29 is 9.15 Å². The summed E-state index contributed by atoms with van der Waals surface area (Å²) in [7, 11) is 0. The van der Waals surface area contributed by atoms with Gasteiger partial charge in [0.2, 0.25) is 0 Å². The van der Waals surface area contributed by atoms with Gasteiger partial charge >= 0.3 is 0 Å². The number of benzene rings is 9. The maximum atomic E-state index is 6.90. The summed E-state index contributed by atoms with van der Waals surface area (Å²) in [4.78, 5) is 2.37. The van der Waals surface area contributed by atoms with Crippen LogP contribution in [-0.4, -0.2) is 0 Å². The average molecular weight is 768 g/mol. The topological polar surface area (TPSA) is 25.6 Å². The van der Waals surface area contributed by atoms with Gasteiger partial charge < -0.3 is 14.1 Å². The molecule has 282 valence electrons. The molecule has 1 aliphatic carbocycles. The van der Waals surface area contributed by atoms with Crippen molar-refractivity contribution in [3.63, 3.8) is 0 Å². The molecule has 1 unspecified atom stereocenters. The molecule has 0 saturated heterocycles. The quantitative estimate of drug-likeness (QED) is 0.168. The smallest absolute Gasteiger partial charge is 0.178 e. The molecule has 60 heavy (non-hydrogen) atoms. The first-order valence-electron chi connectivity index (χ1n) is 20.5. The summed E-state index contributed by atoms with van der Waals surface area (Å²) in [6.07, 6.45) is 0. The molecule has 3 heteroatoms. The molecule has 2 aliphatic rings. The van der Waals surface area contributed by atoms with Crippen LogP contribution in [0.5, 0.6) is 11.5 Å². The maximum absolute atomic E-state index is 6.90. The number of fused-ring (bicyclic) bond motifs is 11. The second-order valence-corrected chi connectivity index (χ2v) is 15.6. The molecule has 1 aliphatic heterocycles. The van der Waals surface area contributed by atoms with E-state index in [1.54, 1.807) is 0 Å². The van der Waals surface area contributed by atoms with E-state index in [2.05, 4.69) is 211 Å². The number of ether oxygens (including phenoxy) is 1. The summed E-state index contributed by atoms with van der Waals surface area (Å²) in [6, 6.07) is 80.2. The van der Waals surface area contributed by atoms with E-state index in [0.29, 0.717) is 0 Å². The van der Waals surface area contributed by atoms with Gasteiger partial charge in [-0.1, -0.05) is 170 Å². The molecule has 10 aromatic rings. The Balaban J connectivity index is 1.01. The number of hydrogen-bond donors (Lipinski definition) is 0. The summed E-state index contributed by atoms with van der Waals surface area (Å²) in [6.45, 7) is 0. The van der Waals surface area contributed by atoms with Crippen molar-refractivity contribution in [2.24, 2.45) is 0 Å². The van der Waals surface area contributed by atoms with Crippen molar-refractivity contribution in [1.29, 1.82) is 0 Å². The van der Waals surface area contributed by atoms with E-state index in [1.165, 1.54) is 55.6 Å². The summed E-state index contributed by atoms with van der Waals surface area (Å²) in [5, 5.41) is 0.977. The van der Waals surface area contributed by atoms with E-state index in [9.17, 15) is 0 Å². The predicted octanol–water partition coefficient (Wildman–Crippen LogP) is 15.4. The van der Waals surface area contributed by atoms with Crippen molar-refractivity contribution in [2.45, 2.75) is 5.41 Å². The lowest BCUT2D eigenvalue weighted by molar-refractivity contribution is 0.389. The number of furan rings is 1. The van der Waals surface area contributed by atoms with Crippen LogP contribution in [0.2, 0.25) is 0 Å². The van der Waals surface area contributed by atoms with Crippen LogP contribution in [0.4, 0.5) is 17.1 Å². The van der Waals surface area contributed by atoms with Gasteiger partial charge in [0, 0.05) is 22.6 Å². The molecule has 0 N–H and O–H groups in total. The molecule has 0 saturated carbocycles. The standard InChI is InChI=1S/C57H37NO2/c1-3-13-38(14-4-1)40-23-25-41(26-24-40)43-29-33-45(34-30-43)58(44-31-27-42(28-32-44)39-15-5-2-6-16-39)46-35-36-51-49(37-46)47-17-7-9-19-50(47)57(51)52-20-10-12-22-54(52)59-55-48-18-8-11-21-53(48)60-56(55)57/h1-37H. The lowest BCUT2D eigenvalue weighted by atomic mass is 9.69. The second-order valence-electron chi connectivity index (χ2n) is 15.6. The molecule has 1 atom stereocenters. The Kier molecular flexibility index (Phi) is 7.76. The monoisotopic (exact) mass is 767 g/mol. The SMILES string of the molecule is c1ccc(-c2ccc(-c3ccc(N(c4ccc(-c5ccccc5)cc4)c4ccc5c(c4)-c4ccccc4C54c5ccccc5Oc5c4oc4ccccc54)cc3)cc2)cc1. The molecule has 2 heterocycles. The van der Waals surface area contributed by atoms with Crippen molar-refractivity contribution in [1.82, 2.24) is 0 Å². The minimum absolute atomic E-state index is 0.701. The Morgan fingerprint density at radius 3 is 1.45 bits per heavy atom. The maximum Gasteiger partial charge on any atom is 0.178 e. The van der Waals surface area contributed by atoms with Gasteiger partial charge in [-0.15, -0.1) is 0 Å². The van der Waals surface area contributed by atoms with Gasteiger partial charge in [0.25, 0.3) is 0 Å². The van der Waals surface area contributed by atoms with E-state index in [-0.39, 0.29) is 0 Å². The molecule has 12 rings (SSSR count). The molecule has 0 bridgehead atoms. The molecule has 0 fully saturated rings. The molecule has 0 radical (unpaired) electrons. The van der Waals surface area contributed by atoms with Crippen LogP contribution in [0.25, 0.3) is 55.5 Å². The van der Waals surface area contributed by atoms with E-state index in [4.69, 9.17) is 9.15 Å². The molecular weight excluding hydrogens is 731 g/mol. The van der Waals surface area contributed by atoms with E-state index in [1.807, 2.05) is 18.2 Å². The predicted molar refractivity (Wildman–Crippen MR) is 245 cm³/mol.